The van der Waals surface area contributed by atoms with Gasteiger partial charge in [0.05, 0.1) is 16.8 Å². The van der Waals surface area contributed by atoms with Gasteiger partial charge in [-0.05, 0) is 66.1 Å². The Hall–Kier alpha value is -2.59. The third-order valence-corrected chi connectivity index (χ3v) is 5.13. The number of benzene rings is 1. The molecule has 1 saturated heterocycles. The molecule has 170 valence electrons. The number of aromatic carboxylic acids is 1. The lowest BCUT2D eigenvalue weighted by atomic mass is 9.77. The Labute approximate surface area is 182 Å². The number of ether oxygens (including phenoxy) is 1. The molecule has 0 aromatic heterocycles. The first-order valence-corrected chi connectivity index (χ1v) is 9.88. The Morgan fingerprint density at radius 3 is 2.26 bits per heavy atom. The fourth-order valence-corrected chi connectivity index (χ4v) is 2.79. The number of carbonyl (C=O) groups is 2. The smallest absolute Gasteiger partial charge is 0.478 e. The summed E-state index contributed by atoms with van der Waals surface area (Å²) in [6.07, 6.45) is 0.722. The molecule has 1 aromatic carbocycles. The van der Waals surface area contributed by atoms with Gasteiger partial charge in [-0.25, -0.2) is 14.0 Å². The number of anilines is 1. The second-order valence-electron chi connectivity index (χ2n) is 9.43. The second-order valence-corrected chi connectivity index (χ2v) is 9.43. The molecule has 1 aromatic rings. The summed E-state index contributed by atoms with van der Waals surface area (Å²) in [7, 11) is -0.898. The third-order valence-electron chi connectivity index (χ3n) is 5.13. The Morgan fingerprint density at radius 2 is 1.77 bits per heavy atom. The number of carboxylic acid groups (broad SMARTS) is 1. The molecule has 31 heavy (non-hydrogen) atoms. The number of alkyl carbamates (subject to hydrolysis) is 1. The molecule has 1 heterocycles. The van der Waals surface area contributed by atoms with Crippen LogP contribution in [0.2, 0.25) is 0 Å². The Bertz CT molecular complexity index is 892. The fourth-order valence-electron chi connectivity index (χ4n) is 2.79. The van der Waals surface area contributed by atoms with Crippen molar-refractivity contribution < 1.29 is 33.1 Å². The van der Waals surface area contributed by atoms with Crippen LogP contribution in [0.5, 0.6) is 0 Å². The summed E-state index contributed by atoms with van der Waals surface area (Å²) in [4.78, 5) is 23.5. The van der Waals surface area contributed by atoms with E-state index in [4.69, 9.17) is 19.8 Å². The maximum atomic E-state index is 14.6. The monoisotopic (exact) mass is 436 g/mol. The van der Waals surface area contributed by atoms with Crippen molar-refractivity contribution in [2.45, 2.75) is 65.3 Å². The standard InChI is InChI=1S/C21H30BFN2O6/c1-19(2,3)29-18(28)25-11-13(22-30-20(4,5)21(6,7)31-22)8-12-9-14(17(26)27)16(24)10-15(12)23/h8-10H,11,24H2,1-7H3,(H,25,28)(H,26,27). The minimum Gasteiger partial charge on any atom is -0.478 e. The van der Waals surface area contributed by atoms with Crippen LogP contribution in [0.4, 0.5) is 14.9 Å². The first-order valence-electron chi connectivity index (χ1n) is 9.88. The van der Waals surface area contributed by atoms with Gasteiger partial charge in [-0.1, -0.05) is 6.08 Å². The van der Waals surface area contributed by atoms with Gasteiger partial charge >= 0.3 is 19.2 Å². The topological polar surface area (TPSA) is 120 Å². The predicted molar refractivity (Wildman–Crippen MR) is 116 cm³/mol. The molecule has 4 N–H and O–H groups in total. The Kier molecular flexibility index (Phi) is 6.77. The van der Waals surface area contributed by atoms with Crippen molar-refractivity contribution in [3.63, 3.8) is 0 Å². The molecule has 0 saturated carbocycles. The van der Waals surface area contributed by atoms with Gasteiger partial charge in [-0.15, -0.1) is 0 Å². The first-order chi connectivity index (χ1) is 14.0. The van der Waals surface area contributed by atoms with Crippen LogP contribution in [0.3, 0.4) is 0 Å². The van der Waals surface area contributed by atoms with E-state index >= 15 is 0 Å². The minimum atomic E-state index is -1.28. The van der Waals surface area contributed by atoms with Crippen molar-refractivity contribution in [1.82, 2.24) is 5.32 Å². The van der Waals surface area contributed by atoms with Gasteiger partial charge in [-0.3, -0.25) is 0 Å². The summed E-state index contributed by atoms with van der Waals surface area (Å²) in [5, 5.41) is 11.9. The van der Waals surface area contributed by atoms with E-state index in [2.05, 4.69) is 5.32 Å². The van der Waals surface area contributed by atoms with Gasteiger partial charge in [0.2, 0.25) is 0 Å². The molecule has 0 atom stereocenters. The van der Waals surface area contributed by atoms with Crippen molar-refractivity contribution in [3.8, 4) is 0 Å². The highest BCUT2D eigenvalue weighted by Gasteiger charge is 2.52. The average Bonchev–Trinajstić information content (AvgIpc) is 2.78. The molecule has 0 spiro atoms. The van der Waals surface area contributed by atoms with Crippen LogP contribution in [0.25, 0.3) is 6.08 Å². The highest BCUT2D eigenvalue weighted by Crippen LogP contribution is 2.39. The lowest BCUT2D eigenvalue weighted by Crippen LogP contribution is -2.41. The van der Waals surface area contributed by atoms with Crippen LogP contribution < -0.4 is 11.1 Å². The minimum absolute atomic E-state index is 0.0256. The molecule has 1 aliphatic rings. The van der Waals surface area contributed by atoms with Crippen LogP contribution in [0.1, 0.15) is 64.4 Å². The highest BCUT2D eigenvalue weighted by atomic mass is 19.1. The summed E-state index contributed by atoms with van der Waals surface area (Å²) in [6, 6.07) is 2.07. The van der Waals surface area contributed by atoms with Gasteiger partial charge in [0, 0.05) is 17.8 Å². The maximum absolute atomic E-state index is 14.6. The molecule has 0 radical (unpaired) electrons. The molecular formula is C21H30BFN2O6. The number of carbonyl (C=O) groups excluding carboxylic acids is 1. The number of halogens is 1. The highest BCUT2D eigenvalue weighted by molar-refractivity contribution is 6.56. The molecule has 0 unspecified atom stereocenters. The van der Waals surface area contributed by atoms with E-state index < -0.39 is 41.8 Å². The SMILES string of the molecule is CC(C)(C)OC(=O)NCC(=Cc1cc(C(=O)O)c(N)cc1F)B1OC(C)(C)C(C)(C)O1. The molecule has 1 amide bonds. The normalized spacial score (nSPS) is 18.1. The Balaban J connectivity index is 2.42. The van der Waals surface area contributed by atoms with E-state index in [0.29, 0.717) is 5.47 Å². The lowest BCUT2D eigenvalue weighted by molar-refractivity contribution is 0.00578. The number of carboxylic acids is 1. The number of nitrogens with one attached hydrogen (secondary N) is 1. The van der Waals surface area contributed by atoms with Gasteiger partial charge in [0.15, 0.2) is 0 Å². The third kappa shape index (κ3) is 5.98. The average molecular weight is 436 g/mol. The summed E-state index contributed by atoms with van der Waals surface area (Å²) < 4.78 is 31.9. The van der Waals surface area contributed by atoms with Crippen LogP contribution in [-0.2, 0) is 14.0 Å². The second kappa shape index (κ2) is 8.51. The van der Waals surface area contributed by atoms with Crippen LogP contribution in [0, 0.1) is 5.82 Å². The summed E-state index contributed by atoms with van der Waals surface area (Å²) in [5.74, 6) is -2.00. The zero-order valence-corrected chi connectivity index (χ0v) is 19.0. The summed E-state index contributed by atoms with van der Waals surface area (Å²) in [5.41, 5.74) is 3.50. The first kappa shape index (κ1) is 24.7. The van der Waals surface area contributed by atoms with E-state index in [9.17, 15) is 19.1 Å². The summed E-state index contributed by atoms with van der Waals surface area (Å²) in [6.45, 7) is 12.6. The van der Waals surface area contributed by atoms with Crippen molar-refractivity contribution in [2.75, 3.05) is 12.3 Å². The number of rotatable bonds is 5. The number of hydrogen-bond acceptors (Lipinski definition) is 6. The molecule has 0 aliphatic carbocycles. The molecular weight excluding hydrogens is 406 g/mol. The summed E-state index contributed by atoms with van der Waals surface area (Å²) >= 11 is 0. The molecule has 1 aliphatic heterocycles. The van der Waals surface area contributed by atoms with Gasteiger partial charge < -0.3 is 30.2 Å². The van der Waals surface area contributed by atoms with E-state index in [1.165, 1.54) is 6.08 Å². The quantitative estimate of drug-likeness (QED) is 0.476. The van der Waals surface area contributed by atoms with Crippen LogP contribution in [-0.4, -0.2) is 47.6 Å². The lowest BCUT2D eigenvalue weighted by Gasteiger charge is -2.32. The molecule has 0 bridgehead atoms. The van der Waals surface area contributed by atoms with Crippen molar-refractivity contribution in [2.24, 2.45) is 0 Å². The molecule has 10 heteroatoms. The fraction of sp³-hybridized carbons (Fsp3) is 0.524. The largest absolute Gasteiger partial charge is 0.492 e. The van der Waals surface area contributed by atoms with Crippen LogP contribution >= 0.6 is 0 Å². The number of nitrogen functional groups attached to an aromatic ring is 1. The Morgan fingerprint density at radius 1 is 1.23 bits per heavy atom. The van der Waals surface area contributed by atoms with Crippen LogP contribution in [0.15, 0.2) is 17.6 Å². The predicted octanol–water partition coefficient (Wildman–Crippen LogP) is 3.65. The van der Waals surface area contributed by atoms with E-state index in [1.807, 2.05) is 27.7 Å². The number of amides is 1. The molecule has 1 fully saturated rings. The molecule has 8 nitrogen and oxygen atoms in total. The van der Waals surface area contributed by atoms with Crippen molar-refractivity contribution >= 4 is 30.9 Å². The van der Waals surface area contributed by atoms with Crippen molar-refractivity contribution in [3.05, 3.63) is 34.5 Å². The number of nitrogens with two attached hydrogens (primary N) is 1. The van der Waals surface area contributed by atoms with Crippen molar-refractivity contribution in [1.29, 1.82) is 0 Å². The molecule has 2 rings (SSSR count). The van der Waals surface area contributed by atoms with E-state index in [-0.39, 0.29) is 23.4 Å². The van der Waals surface area contributed by atoms with E-state index in [0.717, 1.165) is 12.1 Å². The number of hydrogen-bond donors (Lipinski definition) is 3. The van der Waals surface area contributed by atoms with E-state index in [1.54, 1.807) is 20.8 Å². The van der Waals surface area contributed by atoms with Gasteiger partial charge in [-0.2, -0.15) is 0 Å². The van der Waals surface area contributed by atoms with Gasteiger partial charge in [0.25, 0.3) is 0 Å². The van der Waals surface area contributed by atoms with Gasteiger partial charge in [0.1, 0.15) is 11.4 Å². The maximum Gasteiger partial charge on any atom is 0.492 e. The zero-order valence-electron chi connectivity index (χ0n) is 19.0. The zero-order chi connectivity index (χ0) is 23.8.